The summed E-state index contributed by atoms with van der Waals surface area (Å²) in [5.41, 5.74) is 0. The van der Waals surface area contributed by atoms with Crippen LogP contribution >= 0.6 is 0 Å². The molecule has 0 atom stereocenters. The van der Waals surface area contributed by atoms with E-state index in [1.807, 2.05) is 6.92 Å². The van der Waals surface area contributed by atoms with E-state index < -0.39 is 17.9 Å². The number of hydrogen-bond donors (Lipinski definition) is 0. The fourth-order valence-corrected chi connectivity index (χ4v) is 0.740. The summed E-state index contributed by atoms with van der Waals surface area (Å²) in [6.07, 6.45) is 1.42. The van der Waals surface area contributed by atoms with E-state index >= 15 is 0 Å². The number of rotatable bonds is 5. The normalized spacial score (nSPS) is 8.46. The molecule has 0 aromatic heterocycles. The van der Waals surface area contributed by atoms with E-state index in [4.69, 9.17) is 0 Å². The first-order chi connectivity index (χ1) is 5.09. The molecular formula is C7H10KNaO4. The molecule has 4 nitrogen and oxygen atoms in total. The molecule has 0 amide bonds. The Kier molecular flexibility index (Phi) is 18.0. The zero-order valence-corrected chi connectivity index (χ0v) is 13.5. The van der Waals surface area contributed by atoms with E-state index in [-0.39, 0.29) is 87.4 Å². The molecule has 0 heterocycles. The van der Waals surface area contributed by atoms with E-state index in [0.29, 0.717) is 6.42 Å². The number of aliphatic carboxylic acids is 2. The summed E-state index contributed by atoms with van der Waals surface area (Å²) in [6.45, 7) is 1.85. The average Bonchev–Trinajstić information content (AvgIpc) is 1.87. The van der Waals surface area contributed by atoms with Gasteiger partial charge in [0.2, 0.25) is 0 Å². The largest absolute Gasteiger partial charge is 1.00 e. The van der Waals surface area contributed by atoms with Gasteiger partial charge in [0.1, 0.15) is 0 Å². The number of unbranched alkanes of at least 4 members (excludes halogenated alkanes) is 1. The smallest absolute Gasteiger partial charge is 0.549 e. The number of carboxylic acid groups (broad SMARTS) is 2. The Balaban J connectivity index is -0.000000500. The molecule has 0 fully saturated rings. The second-order valence-electron chi connectivity index (χ2n) is 2.33. The van der Waals surface area contributed by atoms with Crippen LogP contribution in [0.1, 0.15) is 26.2 Å². The van der Waals surface area contributed by atoms with E-state index in [1.165, 1.54) is 0 Å². The van der Waals surface area contributed by atoms with Crippen molar-refractivity contribution in [1.82, 2.24) is 0 Å². The topological polar surface area (TPSA) is 80.3 Å². The Morgan fingerprint density at radius 3 is 1.85 bits per heavy atom. The molecule has 13 heavy (non-hydrogen) atoms. The monoisotopic (exact) mass is 220 g/mol. The van der Waals surface area contributed by atoms with E-state index in [1.54, 1.807) is 0 Å². The minimum atomic E-state index is -1.56. The molecule has 0 bridgehead atoms. The van der Waals surface area contributed by atoms with Gasteiger partial charge in [0, 0.05) is 5.92 Å². The van der Waals surface area contributed by atoms with Gasteiger partial charge in [0.25, 0.3) is 0 Å². The van der Waals surface area contributed by atoms with E-state index in [9.17, 15) is 19.8 Å². The van der Waals surface area contributed by atoms with Crippen LogP contribution in [0.2, 0.25) is 0 Å². The zero-order valence-electron chi connectivity index (χ0n) is 8.33. The Morgan fingerprint density at radius 2 is 1.62 bits per heavy atom. The Bertz CT molecular complexity index is 149. The quantitative estimate of drug-likeness (QED) is 0.340. The second-order valence-corrected chi connectivity index (χ2v) is 2.33. The molecular weight excluding hydrogens is 210 g/mol. The van der Waals surface area contributed by atoms with Crippen molar-refractivity contribution in [3.05, 3.63) is 0 Å². The van der Waals surface area contributed by atoms with Gasteiger partial charge in [0.15, 0.2) is 0 Å². The number of carbonyl (C=O) groups is 2. The second kappa shape index (κ2) is 11.7. The first-order valence-electron chi connectivity index (χ1n) is 3.51. The van der Waals surface area contributed by atoms with Gasteiger partial charge in [-0.05, 0) is 6.42 Å². The van der Waals surface area contributed by atoms with Gasteiger partial charge in [-0.3, -0.25) is 0 Å². The summed E-state index contributed by atoms with van der Waals surface area (Å²) in [4.78, 5) is 20.2. The van der Waals surface area contributed by atoms with Crippen LogP contribution in [0.3, 0.4) is 0 Å². The minimum Gasteiger partial charge on any atom is -0.549 e. The summed E-state index contributed by atoms with van der Waals surface area (Å²) in [5.74, 6) is -4.56. The number of carboxylic acids is 2. The molecule has 0 saturated carbocycles. The van der Waals surface area contributed by atoms with Gasteiger partial charge in [0.05, 0.1) is 11.9 Å². The average molecular weight is 220 g/mol. The molecule has 0 N–H and O–H groups in total. The maximum Gasteiger partial charge on any atom is 1.00 e. The third kappa shape index (κ3) is 9.87. The predicted molar refractivity (Wildman–Crippen MR) is 33.0 cm³/mol. The van der Waals surface area contributed by atoms with Crippen molar-refractivity contribution in [2.75, 3.05) is 0 Å². The molecule has 0 aliphatic heterocycles. The van der Waals surface area contributed by atoms with Crippen molar-refractivity contribution in [1.29, 1.82) is 0 Å². The van der Waals surface area contributed by atoms with Crippen molar-refractivity contribution in [2.24, 2.45) is 5.92 Å². The molecule has 0 unspecified atom stereocenters. The van der Waals surface area contributed by atoms with Crippen LogP contribution in [0.15, 0.2) is 0 Å². The summed E-state index contributed by atoms with van der Waals surface area (Å²) in [7, 11) is 0. The molecule has 0 aliphatic rings. The summed E-state index contributed by atoms with van der Waals surface area (Å²) in [6, 6.07) is 0. The molecule has 0 aliphatic carbocycles. The van der Waals surface area contributed by atoms with Crippen LogP contribution in [0.4, 0.5) is 0 Å². The van der Waals surface area contributed by atoms with Crippen molar-refractivity contribution >= 4 is 11.9 Å². The number of hydrogen-bond acceptors (Lipinski definition) is 4. The van der Waals surface area contributed by atoms with Gasteiger partial charge in [-0.15, -0.1) is 0 Å². The maximum atomic E-state index is 10.1. The van der Waals surface area contributed by atoms with Gasteiger partial charge in [-0.25, -0.2) is 0 Å². The predicted octanol–water partition coefficient (Wildman–Crippen LogP) is -7.70. The van der Waals surface area contributed by atoms with Crippen LogP contribution in [-0.2, 0) is 9.59 Å². The minimum absolute atomic E-state index is 0. The molecule has 0 aromatic rings. The van der Waals surface area contributed by atoms with E-state index in [0.717, 1.165) is 6.42 Å². The summed E-state index contributed by atoms with van der Waals surface area (Å²) < 4.78 is 0. The molecule has 0 radical (unpaired) electrons. The third-order valence-electron chi connectivity index (χ3n) is 1.42. The Labute approximate surface area is 142 Å². The van der Waals surface area contributed by atoms with Crippen molar-refractivity contribution in [3.8, 4) is 0 Å². The number of carbonyl (C=O) groups excluding carboxylic acids is 2. The Morgan fingerprint density at radius 1 is 1.23 bits per heavy atom. The molecule has 0 saturated heterocycles. The van der Waals surface area contributed by atoms with Gasteiger partial charge >= 0.3 is 80.9 Å². The summed E-state index contributed by atoms with van der Waals surface area (Å²) in [5, 5.41) is 20.2. The van der Waals surface area contributed by atoms with Crippen LogP contribution in [0, 0.1) is 5.92 Å². The van der Waals surface area contributed by atoms with Crippen LogP contribution in [0.25, 0.3) is 0 Å². The molecule has 0 spiro atoms. The maximum absolute atomic E-state index is 10.1. The van der Waals surface area contributed by atoms with Crippen molar-refractivity contribution in [3.63, 3.8) is 0 Å². The third-order valence-corrected chi connectivity index (χ3v) is 1.42. The fourth-order valence-electron chi connectivity index (χ4n) is 0.740. The van der Waals surface area contributed by atoms with Crippen LogP contribution in [-0.4, -0.2) is 11.9 Å². The van der Waals surface area contributed by atoms with Crippen LogP contribution in [0.5, 0.6) is 0 Å². The van der Waals surface area contributed by atoms with Gasteiger partial charge in [-0.2, -0.15) is 0 Å². The standard InChI is InChI=1S/C7H12O4.K.Na/c1-2-3-4-5(6(8)9)7(10)11;;/h5H,2-4H2,1H3,(H,8,9)(H,10,11);;/q;2*+1/p-2. The molecule has 64 valence electrons. The molecule has 6 heteroatoms. The Hall–Kier alpha value is 1.58. The van der Waals surface area contributed by atoms with Gasteiger partial charge < -0.3 is 19.8 Å². The van der Waals surface area contributed by atoms with Crippen molar-refractivity contribution in [2.45, 2.75) is 26.2 Å². The fraction of sp³-hybridized carbons (Fsp3) is 0.714. The van der Waals surface area contributed by atoms with Gasteiger partial charge in [-0.1, -0.05) is 19.8 Å². The first kappa shape index (κ1) is 20.0. The molecule has 0 aromatic carbocycles. The molecule has 0 rings (SSSR count). The zero-order chi connectivity index (χ0) is 8.85. The van der Waals surface area contributed by atoms with E-state index in [2.05, 4.69) is 0 Å². The van der Waals surface area contributed by atoms with Crippen LogP contribution < -0.4 is 91.2 Å². The van der Waals surface area contributed by atoms with Crippen molar-refractivity contribution < 1.29 is 101 Å². The SMILES string of the molecule is CCCCC(C(=O)[O-])C(=O)[O-].[K+].[Na+]. The first-order valence-corrected chi connectivity index (χ1v) is 3.51. The summed E-state index contributed by atoms with van der Waals surface area (Å²) >= 11 is 0.